The minimum absolute atomic E-state index is 0.0393. The highest BCUT2D eigenvalue weighted by Gasteiger charge is 2.31. The summed E-state index contributed by atoms with van der Waals surface area (Å²) in [6.07, 6.45) is -0.436. The Morgan fingerprint density at radius 3 is 2.48 bits per heavy atom. The maximum atomic E-state index is 13.6. The molecular formula is C30H35F4N5O4S. The number of primary sulfonamides is 1. The van der Waals surface area contributed by atoms with E-state index in [0.29, 0.717) is 16.9 Å². The van der Waals surface area contributed by atoms with E-state index in [2.05, 4.69) is 27.4 Å². The molecule has 2 heterocycles. The predicted molar refractivity (Wildman–Crippen MR) is 160 cm³/mol. The van der Waals surface area contributed by atoms with Crippen molar-refractivity contribution in [3.8, 4) is 17.6 Å². The summed E-state index contributed by atoms with van der Waals surface area (Å²) in [4.78, 5) is 2.23. The van der Waals surface area contributed by atoms with E-state index in [4.69, 9.17) is 14.6 Å². The molecule has 1 aromatic heterocycles. The van der Waals surface area contributed by atoms with E-state index in [-0.39, 0.29) is 34.6 Å². The van der Waals surface area contributed by atoms with E-state index >= 15 is 0 Å². The molecule has 238 valence electrons. The average Bonchev–Trinajstić information content (AvgIpc) is 3.33. The van der Waals surface area contributed by atoms with Crippen molar-refractivity contribution in [1.29, 1.82) is 0 Å². The zero-order valence-corrected chi connectivity index (χ0v) is 24.8. The second kappa shape index (κ2) is 13.6. The number of nitrogens with two attached hydrogens (primary N) is 1. The highest BCUT2D eigenvalue weighted by atomic mass is 32.2. The fourth-order valence-electron chi connectivity index (χ4n) is 5.89. The van der Waals surface area contributed by atoms with Crippen LogP contribution in [0.1, 0.15) is 31.4 Å². The van der Waals surface area contributed by atoms with Gasteiger partial charge in [-0.2, -0.15) is 13.2 Å². The molecule has 0 bridgehead atoms. The molecule has 0 spiro atoms. The van der Waals surface area contributed by atoms with E-state index < -0.39 is 29.6 Å². The normalized spacial score (nSPS) is 19.8. The lowest BCUT2D eigenvalue weighted by Gasteiger charge is -2.39. The van der Waals surface area contributed by atoms with Crippen molar-refractivity contribution < 1.29 is 35.5 Å². The predicted octanol–water partition coefficient (Wildman–Crippen LogP) is 4.68. The van der Waals surface area contributed by atoms with Crippen LogP contribution in [0.3, 0.4) is 0 Å². The van der Waals surface area contributed by atoms with Crippen molar-refractivity contribution in [2.24, 2.45) is 5.14 Å². The molecule has 0 radical (unpaired) electrons. The van der Waals surface area contributed by atoms with Crippen molar-refractivity contribution in [3.63, 3.8) is 0 Å². The molecule has 1 saturated carbocycles. The van der Waals surface area contributed by atoms with Crippen LogP contribution in [0.5, 0.6) is 5.75 Å². The van der Waals surface area contributed by atoms with Crippen molar-refractivity contribution in [2.45, 2.75) is 55.4 Å². The van der Waals surface area contributed by atoms with Gasteiger partial charge in [0.2, 0.25) is 16.9 Å². The maximum Gasteiger partial charge on any atom is 0.406 e. The number of ether oxygens (including phenoxy) is 2. The average molecular weight is 638 g/mol. The summed E-state index contributed by atoms with van der Waals surface area (Å²) < 4.78 is 88.5. The molecule has 0 unspecified atom stereocenters. The number of anilines is 2. The summed E-state index contributed by atoms with van der Waals surface area (Å²) >= 11 is 0. The first kappa shape index (κ1) is 31.9. The monoisotopic (exact) mass is 637 g/mol. The minimum atomic E-state index is -4.47. The minimum Gasteiger partial charge on any atom is -0.461 e. The Morgan fingerprint density at radius 1 is 1.05 bits per heavy atom. The third-order valence-corrected chi connectivity index (χ3v) is 8.89. The van der Waals surface area contributed by atoms with Crippen molar-refractivity contribution >= 4 is 32.3 Å². The van der Waals surface area contributed by atoms with Crippen LogP contribution in [0.2, 0.25) is 0 Å². The number of fused-ring (bicyclic) bond motifs is 1. The van der Waals surface area contributed by atoms with Gasteiger partial charge in [-0.3, -0.25) is 4.90 Å². The van der Waals surface area contributed by atoms with E-state index in [0.717, 1.165) is 68.3 Å². The fourth-order valence-corrected chi connectivity index (χ4v) is 6.42. The first-order chi connectivity index (χ1) is 21.0. The highest BCUT2D eigenvalue weighted by molar-refractivity contribution is 7.89. The van der Waals surface area contributed by atoms with Crippen molar-refractivity contribution in [2.75, 3.05) is 50.3 Å². The van der Waals surface area contributed by atoms with Gasteiger partial charge in [0.25, 0.3) is 0 Å². The second-order valence-electron chi connectivity index (χ2n) is 10.9. The standard InChI is InChI=1S/C30H35F4N5O4S/c31-20-43-29-18-24(44(35,40)41)10-11-27(29)36-12-2-3-23-17-25-26(4-1-5-28(25)39(23)19-30(32,33)34)37-21-6-8-22(9-7-21)38-13-15-42-16-14-38/h1,4-5,10-11,17-18,21-22,36-37H,6-9,12-16,19-20H2,(H2,35,40,41)/t21-,22-. The number of rotatable bonds is 9. The number of benzene rings is 2. The van der Waals surface area contributed by atoms with Crippen LogP contribution < -0.4 is 20.5 Å². The molecule has 9 nitrogen and oxygen atoms in total. The molecule has 0 amide bonds. The summed E-state index contributed by atoms with van der Waals surface area (Å²) in [6.45, 7) is 0.974. The van der Waals surface area contributed by atoms with E-state index in [1.165, 1.54) is 12.1 Å². The SMILES string of the molecule is NS(=O)(=O)c1ccc(NCC#Cc2cc3c(N[C@H]4CC[C@H](N5CCOCC5)CC4)cccc3n2CC(F)(F)F)c(OCF)c1. The lowest BCUT2D eigenvalue weighted by atomic mass is 9.89. The highest BCUT2D eigenvalue weighted by Crippen LogP contribution is 2.33. The zero-order chi connectivity index (χ0) is 31.3. The molecule has 4 N–H and O–H groups in total. The van der Waals surface area contributed by atoms with Gasteiger partial charge < -0.3 is 24.7 Å². The molecular weight excluding hydrogens is 602 g/mol. The quantitative estimate of drug-likeness (QED) is 0.231. The Balaban J connectivity index is 1.33. The van der Waals surface area contributed by atoms with Crippen LogP contribution in [0.15, 0.2) is 47.4 Å². The lowest BCUT2D eigenvalue weighted by Crippen LogP contribution is -2.46. The van der Waals surface area contributed by atoms with E-state index in [1.54, 1.807) is 18.2 Å². The van der Waals surface area contributed by atoms with Crippen LogP contribution in [0, 0.1) is 11.8 Å². The smallest absolute Gasteiger partial charge is 0.406 e. The third kappa shape index (κ3) is 7.95. The van der Waals surface area contributed by atoms with E-state index in [9.17, 15) is 26.0 Å². The number of alkyl halides is 4. The molecule has 1 saturated heterocycles. The van der Waals surface area contributed by atoms with Gasteiger partial charge in [-0.25, -0.2) is 17.9 Å². The lowest BCUT2D eigenvalue weighted by molar-refractivity contribution is -0.140. The fraction of sp³-hybridized carbons (Fsp3) is 0.467. The Morgan fingerprint density at radius 2 is 1.80 bits per heavy atom. The molecule has 14 heteroatoms. The van der Waals surface area contributed by atoms with Crippen LogP contribution >= 0.6 is 0 Å². The molecule has 44 heavy (non-hydrogen) atoms. The topological polar surface area (TPSA) is 111 Å². The number of nitrogens with one attached hydrogen (secondary N) is 2. The Kier molecular flexibility index (Phi) is 9.89. The van der Waals surface area contributed by atoms with Crippen LogP contribution in [0.25, 0.3) is 10.9 Å². The van der Waals surface area contributed by atoms with Gasteiger partial charge >= 0.3 is 6.18 Å². The largest absolute Gasteiger partial charge is 0.461 e. The van der Waals surface area contributed by atoms with Crippen molar-refractivity contribution in [1.82, 2.24) is 9.47 Å². The number of aromatic nitrogens is 1. The van der Waals surface area contributed by atoms with Crippen molar-refractivity contribution in [3.05, 3.63) is 48.2 Å². The van der Waals surface area contributed by atoms with Gasteiger partial charge in [0.1, 0.15) is 12.3 Å². The Hall–Kier alpha value is -3.51. The molecule has 1 aliphatic heterocycles. The Labute approximate surface area is 253 Å². The molecule has 2 fully saturated rings. The number of halogens is 4. The van der Waals surface area contributed by atoms with Gasteiger partial charge in [0, 0.05) is 42.3 Å². The summed E-state index contributed by atoms with van der Waals surface area (Å²) in [5, 5.41) is 12.3. The molecule has 3 aromatic rings. The van der Waals surface area contributed by atoms with Gasteiger partial charge in [-0.15, -0.1) is 0 Å². The number of nitrogens with zero attached hydrogens (tertiary/aromatic N) is 2. The maximum absolute atomic E-state index is 13.6. The molecule has 2 aromatic carbocycles. The second-order valence-corrected chi connectivity index (χ2v) is 12.4. The number of hydrogen-bond donors (Lipinski definition) is 3. The molecule has 2 aliphatic rings. The number of hydrogen-bond acceptors (Lipinski definition) is 7. The van der Waals surface area contributed by atoms with Gasteiger partial charge in [0.15, 0.2) is 0 Å². The van der Waals surface area contributed by atoms with Gasteiger partial charge in [-0.05, 0) is 61.9 Å². The van der Waals surface area contributed by atoms with Crippen LogP contribution in [-0.2, 0) is 21.3 Å². The first-order valence-electron chi connectivity index (χ1n) is 14.4. The summed E-state index contributed by atoms with van der Waals surface area (Å²) in [5.41, 5.74) is 1.62. The number of sulfonamides is 1. The molecule has 0 atom stereocenters. The summed E-state index contributed by atoms with van der Waals surface area (Å²) in [5.74, 6) is 5.55. The van der Waals surface area contributed by atoms with Crippen LogP contribution in [0.4, 0.5) is 28.9 Å². The molecule has 1 aliphatic carbocycles. The first-order valence-corrected chi connectivity index (χ1v) is 15.9. The summed E-state index contributed by atoms with van der Waals surface area (Å²) in [6, 6.07) is 11.3. The van der Waals surface area contributed by atoms with Crippen LogP contribution in [-0.4, -0.2) is 75.9 Å². The van der Waals surface area contributed by atoms with E-state index in [1.807, 2.05) is 6.07 Å². The van der Waals surface area contributed by atoms with Gasteiger partial charge in [-0.1, -0.05) is 12.0 Å². The Bertz CT molecular complexity index is 1620. The zero-order valence-electron chi connectivity index (χ0n) is 24.0. The molecule has 5 rings (SSSR count). The number of morpholine rings is 1. The third-order valence-electron chi connectivity index (χ3n) is 7.98. The summed E-state index contributed by atoms with van der Waals surface area (Å²) in [7, 11) is -4.04. The van der Waals surface area contributed by atoms with Gasteiger partial charge in [0.05, 0.1) is 41.6 Å².